The van der Waals surface area contributed by atoms with Gasteiger partial charge >= 0.3 is 0 Å². The summed E-state index contributed by atoms with van der Waals surface area (Å²) in [5.41, 5.74) is 4.13. The van der Waals surface area contributed by atoms with Crippen LogP contribution >= 0.6 is 22.7 Å². The van der Waals surface area contributed by atoms with Gasteiger partial charge in [-0.05, 0) is 34.9 Å². The zero-order valence-electron chi connectivity index (χ0n) is 11.4. The Kier molecular flexibility index (Phi) is 3.34. The first kappa shape index (κ1) is 13.1. The van der Waals surface area contributed by atoms with Crippen LogP contribution in [-0.4, -0.2) is 21.4 Å². The normalized spacial score (nSPS) is 15.3. The van der Waals surface area contributed by atoms with Crippen LogP contribution in [0.3, 0.4) is 0 Å². The van der Waals surface area contributed by atoms with E-state index in [9.17, 15) is 0 Å². The van der Waals surface area contributed by atoms with Gasteiger partial charge in [0.15, 0.2) is 5.82 Å². The molecule has 0 radical (unpaired) electrons. The van der Waals surface area contributed by atoms with E-state index >= 15 is 0 Å². The summed E-state index contributed by atoms with van der Waals surface area (Å²) in [6, 6.07) is 4.22. The molecule has 7 heteroatoms. The van der Waals surface area contributed by atoms with Crippen LogP contribution in [0, 0.1) is 0 Å². The van der Waals surface area contributed by atoms with Crippen LogP contribution in [0.25, 0.3) is 10.2 Å². The molecule has 0 saturated heterocycles. The zero-order chi connectivity index (χ0) is 14.2. The van der Waals surface area contributed by atoms with Crippen LogP contribution in [0.15, 0.2) is 22.9 Å². The van der Waals surface area contributed by atoms with Crippen LogP contribution in [0.1, 0.15) is 16.3 Å². The first-order chi connectivity index (χ1) is 10.3. The molecule has 0 atom stereocenters. The summed E-state index contributed by atoms with van der Waals surface area (Å²) < 4.78 is 0. The summed E-state index contributed by atoms with van der Waals surface area (Å²) in [4.78, 5) is 14.1. The summed E-state index contributed by atoms with van der Waals surface area (Å²) in [5.74, 6) is 7.12. The molecule has 21 heavy (non-hydrogen) atoms. The van der Waals surface area contributed by atoms with E-state index in [1.165, 1.54) is 10.4 Å². The summed E-state index contributed by atoms with van der Waals surface area (Å²) in [7, 11) is 0. The van der Waals surface area contributed by atoms with Gasteiger partial charge in [-0.1, -0.05) is 0 Å². The molecule has 3 N–H and O–H groups in total. The first-order valence-electron chi connectivity index (χ1n) is 6.82. The fraction of sp³-hybridized carbons (Fsp3) is 0.286. The third-order valence-corrected chi connectivity index (χ3v) is 5.59. The van der Waals surface area contributed by atoms with Crippen molar-refractivity contribution in [3.63, 3.8) is 0 Å². The predicted molar refractivity (Wildman–Crippen MR) is 87.4 cm³/mol. The second-order valence-corrected chi connectivity index (χ2v) is 7.00. The Hall–Kier alpha value is -1.54. The number of nitrogen functional groups attached to an aromatic ring is 1. The third kappa shape index (κ3) is 2.42. The minimum absolute atomic E-state index is 0.712. The van der Waals surface area contributed by atoms with Gasteiger partial charge in [-0.3, -0.25) is 4.90 Å². The Bertz CT molecular complexity index is 779. The van der Waals surface area contributed by atoms with Crippen molar-refractivity contribution in [1.29, 1.82) is 0 Å². The van der Waals surface area contributed by atoms with Crippen molar-refractivity contribution in [2.75, 3.05) is 12.0 Å². The number of aromatic nitrogens is 2. The van der Waals surface area contributed by atoms with Gasteiger partial charge in [-0.25, -0.2) is 15.8 Å². The van der Waals surface area contributed by atoms with Crippen molar-refractivity contribution in [3.05, 3.63) is 39.2 Å². The van der Waals surface area contributed by atoms with E-state index in [1.807, 2.05) is 22.8 Å². The second-order valence-electron chi connectivity index (χ2n) is 5.10. The number of anilines is 1. The van der Waals surface area contributed by atoms with Crippen molar-refractivity contribution in [3.8, 4) is 0 Å². The van der Waals surface area contributed by atoms with Crippen molar-refractivity contribution in [2.45, 2.75) is 19.5 Å². The van der Waals surface area contributed by atoms with E-state index in [2.05, 4.69) is 31.7 Å². The highest BCUT2D eigenvalue weighted by molar-refractivity contribution is 7.16. The standard InChI is InChI=1S/C14H15N5S2/c15-18-13-10-3-6-21-14(10)17-12(16-13)8-19-4-1-11-9(7-19)2-5-20-11/h2-3,5-6H,1,4,7-8,15H2,(H,16,17,18). The summed E-state index contributed by atoms with van der Waals surface area (Å²) in [6.45, 7) is 2.80. The van der Waals surface area contributed by atoms with E-state index in [1.54, 1.807) is 11.3 Å². The molecule has 0 saturated carbocycles. The number of hydrogen-bond donors (Lipinski definition) is 2. The molecule has 0 bridgehead atoms. The molecule has 3 aromatic rings. The Morgan fingerprint density at radius 1 is 1.24 bits per heavy atom. The lowest BCUT2D eigenvalue weighted by Crippen LogP contribution is -2.30. The second kappa shape index (κ2) is 5.34. The van der Waals surface area contributed by atoms with Crippen LogP contribution in [-0.2, 0) is 19.5 Å². The molecule has 0 fully saturated rings. The van der Waals surface area contributed by atoms with E-state index in [0.29, 0.717) is 5.82 Å². The molecule has 0 unspecified atom stereocenters. The molecule has 1 aliphatic heterocycles. The van der Waals surface area contributed by atoms with Gasteiger partial charge in [0.05, 0.1) is 11.9 Å². The first-order valence-corrected chi connectivity index (χ1v) is 8.58. The third-order valence-electron chi connectivity index (χ3n) is 3.76. The average Bonchev–Trinajstić information content (AvgIpc) is 3.14. The molecule has 4 rings (SSSR count). The van der Waals surface area contributed by atoms with Gasteiger partial charge in [0, 0.05) is 18.0 Å². The molecule has 0 aliphatic carbocycles. The van der Waals surface area contributed by atoms with E-state index in [0.717, 1.165) is 42.1 Å². The highest BCUT2D eigenvalue weighted by atomic mass is 32.1. The topological polar surface area (TPSA) is 67.1 Å². The monoisotopic (exact) mass is 317 g/mol. The molecule has 3 aromatic heterocycles. The fourth-order valence-corrected chi connectivity index (χ4v) is 4.39. The number of nitrogens with two attached hydrogens (primary N) is 1. The Morgan fingerprint density at radius 2 is 2.14 bits per heavy atom. The largest absolute Gasteiger partial charge is 0.308 e. The van der Waals surface area contributed by atoms with Gasteiger partial charge < -0.3 is 5.43 Å². The minimum atomic E-state index is 0.712. The van der Waals surface area contributed by atoms with Crippen molar-refractivity contribution in [1.82, 2.24) is 14.9 Å². The molecule has 108 valence electrons. The lowest BCUT2D eigenvalue weighted by Gasteiger charge is -2.26. The van der Waals surface area contributed by atoms with Gasteiger partial charge in [0.1, 0.15) is 10.7 Å². The summed E-state index contributed by atoms with van der Waals surface area (Å²) in [5, 5.41) is 5.19. The smallest absolute Gasteiger partial charge is 0.152 e. The zero-order valence-corrected chi connectivity index (χ0v) is 13.0. The number of nitrogens with one attached hydrogen (secondary N) is 1. The van der Waals surface area contributed by atoms with Crippen LogP contribution in [0.4, 0.5) is 5.82 Å². The van der Waals surface area contributed by atoms with E-state index < -0.39 is 0 Å². The van der Waals surface area contributed by atoms with Gasteiger partial charge in [-0.2, -0.15) is 0 Å². The van der Waals surface area contributed by atoms with Crippen LogP contribution in [0.2, 0.25) is 0 Å². The van der Waals surface area contributed by atoms with Crippen molar-refractivity contribution >= 4 is 38.7 Å². The predicted octanol–water partition coefficient (Wildman–Crippen LogP) is 2.60. The Morgan fingerprint density at radius 3 is 3.05 bits per heavy atom. The molecular weight excluding hydrogens is 302 g/mol. The van der Waals surface area contributed by atoms with E-state index in [-0.39, 0.29) is 0 Å². The molecule has 5 nitrogen and oxygen atoms in total. The minimum Gasteiger partial charge on any atom is -0.308 e. The number of thiophene rings is 2. The highest BCUT2D eigenvalue weighted by Gasteiger charge is 2.19. The molecule has 0 aromatic carbocycles. The Labute approximate surface area is 130 Å². The maximum Gasteiger partial charge on any atom is 0.152 e. The number of nitrogens with zero attached hydrogens (tertiary/aromatic N) is 3. The van der Waals surface area contributed by atoms with Gasteiger partial charge in [-0.15, -0.1) is 22.7 Å². The number of rotatable bonds is 3. The fourth-order valence-electron chi connectivity index (χ4n) is 2.72. The quantitative estimate of drug-likeness (QED) is 0.574. The Balaban J connectivity index is 1.60. The maximum absolute atomic E-state index is 5.58. The molecule has 0 spiro atoms. The summed E-state index contributed by atoms with van der Waals surface area (Å²) >= 11 is 3.48. The van der Waals surface area contributed by atoms with Crippen molar-refractivity contribution in [2.24, 2.45) is 5.84 Å². The molecule has 4 heterocycles. The highest BCUT2D eigenvalue weighted by Crippen LogP contribution is 2.27. The van der Waals surface area contributed by atoms with Crippen LogP contribution in [0.5, 0.6) is 0 Å². The van der Waals surface area contributed by atoms with Crippen LogP contribution < -0.4 is 11.3 Å². The maximum atomic E-state index is 5.58. The summed E-state index contributed by atoms with van der Waals surface area (Å²) in [6.07, 6.45) is 1.12. The lowest BCUT2D eigenvalue weighted by molar-refractivity contribution is 0.242. The molecular formula is C14H15N5S2. The van der Waals surface area contributed by atoms with E-state index in [4.69, 9.17) is 5.84 Å². The SMILES string of the molecule is NNc1nc(CN2CCc3sccc3C2)nc2sccc12. The number of hydrogen-bond acceptors (Lipinski definition) is 7. The number of fused-ring (bicyclic) bond motifs is 2. The van der Waals surface area contributed by atoms with Gasteiger partial charge in [0.2, 0.25) is 0 Å². The van der Waals surface area contributed by atoms with Crippen molar-refractivity contribution < 1.29 is 0 Å². The number of hydrazine groups is 1. The molecule has 0 amide bonds. The average molecular weight is 317 g/mol. The van der Waals surface area contributed by atoms with Gasteiger partial charge in [0.25, 0.3) is 0 Å². The lowest BCUT2D eigenvalue weighted by atomic mass is 10.1. The molecule has 1 aliphatic rings.